The minimum atomic E-state index is -0.967. The second-order valence-corrected chi connectivity index (χ2v) is 4.64. The molecular weight excluding hydrogens is 226 g/mol. The zero-order valence-corrected chi connectivity index (χ0v) is 11.2. The molecule has 1 rings (SSSR count). The van der Waals surface area contributed by atoms with E-state index in [1.165, 1.54) is 0 Å². The van der Waals surface area contributed by atoms with E-state index in [0.717, 1.165) is 12.0 Å². The Balaban J connectivity index is 2.29. The molecule has 0 radical (unpaired) electrons. The van der Waals surface area contributed by atoms with E-state index >= 15 is 0 Å². The monoisotopic (exact) mass is 249 g/mol. The van der Waals surface area contributed by atoms with Crippen LogP contribution in [0.3, 0.4) is 0 Å². The van der Waals surface area contributed by atoms with E-state index in [-0.39, 0.29) is 6.04 Å². The predicted molar refractivity (Wildman–Crippen MR) is 74.1 cm³/mol. The molecule has 0 unspecified atom stereocenters. The van der Waals surface area contributed by atoms with Gasteiger partial charge in [-0.1, -0.05) is 49.4 Å². The highest BCUT2D eigenvalue weighted by molar-refractivity contribution is 5.13. The molecule has 0 saturated heterocycles. The van der Waals surface area contributed by atoms with Gasteiger partial charge in [-0.15, -0.1) is 0 Å². The molecule has 0 saturated carbocycles. The van der Waals surface area contributed by atoms with E-state index in [4.69, 9.17) is 10.5 Å². The lowest BCUT2D eigenvalue weighted by molar-refractivity contribution is 0.0786. The maximum Gasteiger partial charge on any atom is 0.0950 e. The van der Waals surface area contributed by atoms with Gasteiger partial charge in [0.2, 0.25) is 0 Å². The fourth-order valence-corrected chi connectivity index (χ4v) is 1.64. The molecule has 1 aromatic rings. The van der Waals surface area contributed by atoms with Crippen molar-refractivity contribution in [1.82, 2.24) is 0 Å². The Morgan fingerprint density at radius 3 is 2.67 bits per heavy atom. The minimum absolute atomic E-state index is 0.247. The van der Waals surface area contributed by atoms with Gasteiger partial charge in [-0.2, -0.15) is 0 Å². The molecule has 0 spiro atoms. The summed E-state index contributed by atoms with van der Waals surface area (Å²) in [4.78, 5) is 0. The number of benzene rings is 1. The average molecular weight is 249 g/mol. The van der Waals surface area contributed by atoms with Crippen molar-refractivity contribution in [3.63, 3.8) is 0 Å². The Hall–Kier alpha value is -1.16. The summed E-state index contributed by atoms with van der Waals surface area (Å²) in [5.74, 6) is 0. The number of aliphatic hydroxyl groups is 1. The van der Waals surface area contributed by atoms with Crippen LogP contribution in [0.2, 0.25) is 0 Å². The normalized spacial score (nSPS) is 16.7. The van der Waals surface area contributed by atoms with Crippen LogP contribution >= 0.6 is 0 Å². The first-order valence-corrected chi connectivity index (χ1v) is 6.33. The van der Waals surface area contributed by atoms with Gasteiger partial charge in [-0.3, -0.25) is 0 Å². The summed E-state index contributed by atoms with van der Waals surface area (Å²) in [6.07, 6.45) is 4.27. The molecule has 0 aromatic heterocycles. The molecule has 0 fully saturated rings. The molecule has 0 aliphatic rings. The first-order chi connectivity index (χ1) is 8.56. The van der Waals surface area contributed by atoms with E-state index in [2.05, 4.69) is 0 Å². The van der Waals surface area contributed by atoms with Crippen LogP contribution in [-0.4, -0.2) is 23.4 Å². The second-order valence-electron chi connectivity index (χ2n) is 4.64. The number of hydrogen-bond acceptors (Lipinski definition) is 3. The Bertz CT molecular complexity index is 360. The highest BCUT2D eigenvalue weighted by atomic mass is 16.5. The van der Waals surface area contributed by atoms with Crippen LogP contribution in [0.5, 0.6) is 0 Å². The Kier molecular flexibility index (Phi) is 6.05. The second kappa shape index (κ2) is 7.31. The van der Waals surface area contributed by atoms with E-state index in [9.17, 15) is 5.11 Å². The lowest BCUT2D eigenvalue weighted by atomic mass is 9.95. The smallest absolute Gasteiger partial charge is 0.0950 e. The van der Waals surface area contributed by atoms with Crippen molar-refractivity contribution in [2.24, 2.45) is 5.73 Å². The molecule has 3 N–H and O–H groups in total. The Labute approximate surface area is 109 Å². The van der Waals surface area contributed by atoms with Crippen molar-refractivity contribution < 1.29 is 9.84 Å². The quantitative estimate of drug-likeness (QED) is 0.575. The van der Waals surface area contributed by atoms with Gasteiger partial charge in [0.25, 0.3) is 0 Å². The van der Waals surface area contributed by atoms with Crippen LogP contribution in [0.4, 0.5) is 0 Å². The van der Waals surface area contributed by atoms with Crippen LogP contribution in [-0.2, 0) is 11.3 Å². The van der Waals surface area contributed by atoms with Gasteiger partial charge in [0, 0.05) is 6.04 Å². The van der Waals surface area contributed by atoms with Gasteiger partial charge in [0.15, 0.2) is 0 Å². The van der Waals surface area contributed by atoms with Crippen LogP contribution in [0.1, 0.15) is 25.8 Å². The minimum Gasteiger partial charge on any atom is -0.384 e. The van der Waals surface area contributed by atoms with Crippen molar-refractivity contribution in [3.8, 4) is 0 Å². The summed E-state index contributed by atoms with van der Waals surface area (Å²) < 4.78 is 5.49. The molecule has 100 valence electrons. The Morgan fingerprint density at radius 1 is 1.39 bits per heavy atom. The highest BCUT2D eigenvalue weighted by Crippen LogP contribution is 2.12. The summed E-state index contributed by atoms with van der Waals surface area (Å²) in [5.41, 5.74) is 5.99. The van der Waals surface area contributed by atoms with Gasteiger partial charge in [-0.05, 0) is 18.9 Å². The highest BCUT2D eigenvalue weighted by Gasteiger charge is 2.23. The van der Waals surface area contributed by atoms with Crippen LogP contribution in [0.25, 0.3) is 0 Å². The first-order valence-electron chi connectivity index (χ1n) is 6.33. The summed E-state index contributed by atoms with van der Waals surface area (Å²) in [6, 6.07) is 9.74. The van der Waals surface area contributed by atoms with E-state index < -0.39 is 5.60 Å². The number of ether oxygens (including phenoxy) is 1. The van der Waals surface area contributed by atoms with Gasteiger partial charge in [0.05, 0.1) is 18.8 Å². The molecule has 0 heterocycles. The standard InChI is InChI=1S/C15H23NO2/c1-3-14(16)15(2,17)10-7-11-18-12-13-8-5-4-6-9-13/h4-10,14,17H,3,11-12,16H2,1-2H3/b10-7+/t14-,15+/m0/s1. The van der Waals surface area contributed by atoms with Crippen LogP contribution < -0.4 is 5.73 Å². The summed E-state index contributed by atoms with van der Waals surface area (Å²) >= 11 is 0. The first kappa shape index (κ1) is 14.9. The van der Waals surface area contributed by atoms with Crippen LogP contribution in [0, 0.1) is 0 Å². The topological polar surface area (TPSA) is 55.5 Å². The lowest BCUT2D eigenvalue weighted by Gasteiger charge is -2.25. The maximum absolute atomic E-state index is 10.0. The van der Waals surface area contributed by atoms with Crippen molar-refractivity contribution in [2.45, 2.75) is 38.5 Å². The molecule has 0 aliphatic carbocycles. The van der Waals surface area contributed by atoms with Crippen molar-refractivity contribution in [1.29, 1.82) is 0 Å². The fourth-order valence-electron chi connectivity index (χ4n) is 1.64. The molecule has 3 nitrogen and oxygen atoms in total. The molecule has 18 heavy (non-hydrogen) atoms. The third-order valence-corrected chi connectivity index (χ3v) is 2.97. The summed E-state index contributed by atoms with van der Waals surface area (Å²) in [7, 11) is 0. The zero-order chi connectivity index (χ0) is 13.4. The molecule has 0 aliphatic heterocycles. The molecule has 3 heteroatoms. The third-order valence-electron chi connectivity index (χ3n) is 2.97. The molecule has 1 aromatic carbocycles. The maximum atomic E-state index is 10.0. The van der Waals surface area contributed by atoms with Crippen molar-refractivity contribution in [2.75, 3.05) is 6.61 Å². The number of nitrogens with two attached hydrogens (primary N) is 1. The molecule has 0 amide bonds. The van der Waals surface area contributed by atoms with Crippen molar-refractivity contribution >= 4 is 0 Å². The average Bonchev–Trinajstić information content (AvgIpc) is 2.38. The zero-order valence-electron chi connectivity index (χ0n) is 11.2. The molecular formula is C15H23NO2. The summed E-state index contributed by atoms with van der Waals surface area (Å²) in [5, 5.41) is 10.0. The summed E-state index contributed by atoms with van der Waals surface area (Å²) in [6.45, 7) is 4.72. The van der Waals surface area contributed by atoms with Gasteiger partial charge < -0.3 is 15.6 Å². The largest absolute Gasteiger partial charge is 0.384 e. The fraction of sp³-hybridized carbons (Fsp3) is 0.467. The SMILES string of the molecule is CC[C@H](N)[C@](C)(O)/C=C/COCc1ccccc1. The van der Waals surface area contributed by atoms with E-state index in [0.29, 0.717) is 13.2 Å². The molecule has 2 atom stereocenters. The van der Waals surface area contributed by atoms with E-state index in [1.54, 1.807) is 13.0 Å². The lowest BCUT2D eigenvalue weighted by Crippen LogP contribution is -2.43. The van der Waals surface area contributed by atoms with E-state index in [1.807, 2.05) is 43.3 Å². The van der Waals surface area contributed by atoms with Crippen molar-refractivity contribution in [3.05, 3.63) is 48.0 Å². The van der Waals surface area contributed by atoms with Gasteiger partial charge in [-0.25, -0.2) is 0 Å². The van der Waals surface area contributed by atoms with Crippen LogP contribution in [0.15, 0.2) is 42.5 Å². The third kappa shape index (κ3) is 5.00. The number of hydrogen-bond donors (Lipinski definition) is 2. The molecule has 0 bridgehead atoms. The van der Waals surface area contributed by atoms with Gasteiger partial charge in [0.1, 0.15) is 0 Å². The number of rotatable bonds is 7. The van der Waals surface area contributed by atoms with Gasteiger partial charge >= 0.3 is 0 Å². The Morgan fingerprint density at radius 2 is 2.06 bits per heavy atom. The predicted octanol–water partition coefficient (Wildman–Crippen LogP) is 2.25.